The minimum absolute atomic E-state index is 0.279. The Morgan fingerprint density at radius 3 is 2.38 bits per heavy atom. The van der Waals surface area contributed by atoms with Gasteiger partial charge in [-0.25, -0.2) is 0 Å². The van der Waals surface area contributed by atoms with Gasteiger partial charge in [0.05, 0.1) is 12.7 Å². The molecule has 1 aliphatic heterocycles. The number of aliphatic hydroxyl groups is 2. The van der Waals surface area contributed by atoms with Gasteiger partial charge in [0, 0.05) is 6.42 Å². The van der Waals surface area contributed by atoms with Crippen molar-refractivity contribution in [2.75, 3.05) is 6.61 Å². The van der Waals surface area contributed by atoms with Crippen LogP contribution in [0, 0.1) is 0 Å². The summed E-state index contributed by atoms with van der Waals surface area (Å²) in [6.45, 7) is 0.279. The van der Waals surface area contributed by atoms with Crippen LogP contribution < -0.4 is 0 Å². The first-order valence-electron chi connectivity index (χ1n) is 2.77. The van der Waals surface area contributed by atoms with Crippen molar-refractivity contribution in [3.05, 3.63) is 0 Å². The van der Waals surface area contributed by atoms with Gasteiger partial charge in [-0.1, -0.05) is 0 Å². The molecule has 0 radical (unpaired) electrons. The van der Waals surface area contributed by atoms with Gasteiger partial charge in [-0.2, -0.15) is 0 Å². The normalized spacial score (nSPS) is 39.8. The second kappa shape index (κ2) is 2.44. The molecule has 1 heterocycles. The third-order valence-electron chi connectivity index (χ3n) is 1.23. The molecule has 0 aliphatic carbocycles. The molecule has 0 aromatic carbocycles. The van der Waals surface area contributed by atoms with E-state index < -0.39 is 6.29 Å². The van der Waals surface area contributed by atoms with Gasteiger partial charge in [-0.3, -0.25) is 0 Å². The summed E-state index contributed by atoms with van der Waals surface area (Å²) in [6, 6.07) is 0. The van der Waals surface area contributed by atoms with Crippen molar-refractivity contribution in [2.45, 2.75) is 25.2 Å². The number of hydrogen-bond acceptors (Lipinski definition) is 3. The van der Waals surface area contributed by atoms with Crippen molar-refractivity contribution in [1.29, 1.82) is 0 Å². The summed E-state index contributed by atoms with van der Waals surface area (Å²) in [4.78, 5) is 0. The van der Waals surface area contributed by atoms with E-state index in [2.05, 4.69) is 0 Å². The van der Waals surface area contributed by atoms with E-state index in [0.717, 1.165) is 0 Å². The molecule has 3 heteroatoms. The van der Waals surface area contributed by atoms with Crippen molar-refractivity contribution in [3.8, 4) is 0 Å². The average Bonchev–Trinajstić information content (AvgIpc) is 1.77. The Hall–Kier alpha value is -0.120. The van der Waals surface area contributed by atoms with Crippen molar-refractivity contribution < 1.29 is 14.9 Å². The molecule has 0 amide bonds. The Kier molecular flexibility index (Phi) is 1.83. The van der Waals surface area contributed by atoms with Gasteiger partial charge in [-0.05, 0) is 6.42 Å². The molecule has 0 aromatic heterocycles. The lowest BCUT2D eigenvalue weighted by Gasteiger charge is -2.21. The fourth-order valence-corrected chi connectivity index (χ4v) is 0.724. The van der Waals surface area contributed by atoms with Gasteiger partial charge >= 0.3 is 0 Å². The van der Waals surface area contributed by atoms with Crippen molar-refractivity contribution >= 4 is 0 Å². The van der Waals surface area contributed by atoms with E-state index in [0.29, 0.717) is 12.8 Å². The third kappa shape index (κ3) is 1.43. The lowest BCUT2D eigenvalue weighted by atomic mass is 10.2. The average molecular weight is 118 g/mol. The van der Waals surface area contributed by atoms with Crippen molar-refractivity contribution in [3.63, 3.8) is 0 Å². The summed E-state index contributed by atoms with van der Waals surface area (Å²) in [7, 11) is 0. The second-order valence-electron chi connectivity index (χ2n) is 2.02. The van der Waals surface area contributed by atoms with Gasteiger partial charge < -0.3 is 14.9 Å². The Morgan fingerprint density at radius 1 is 1.25 bits per heavy atom. The van der Waals surface area contributed by atoms with Crippen LogP contribution >= 0.6 is 0 Å². The molecule has 8 heavy (non-hydrogen) atoms. The summed E-state index contributed by atoms with van der Waals surface area (Å²) in [6.07, 6.45) is 0.208. The molecule has 2 atom stereocenters. The van der Waals surface area contributed by atoms with E-state index >= 15 is 0 Å². The first kappa shape index (κ1) is 6.01. The lowest BCUT2D eigenvalue weighted by Crippen LogP contribution is -2.28. The highest BCUT2D eigenvalue weighted by Crippen LogP contribution is 2.09. The van der Waals surface area contributed by atoms with E-state index in [1.54, 1.807) is 0 Å². The highest BCUT2D eigenvalue weighted by Gasteiger charge is 2.16. The Balaban J connectivity index is 2.19. The molecule has 0 spiro atoms. The second-order valence-corrected chi connectivity index (χ2v) is 2.02. The predicted octanol–water partition coefficient (Wildman–Crippen LogP) is -0.524. The molecule has 1 unspecified atom stereocenters. The number of rotatable bonds is 0. The fourth-order valence-electron chi connectivity index (χ4n) is 0.724. The Morgan fingerprint density at radius 2 is 2.00 bits per heavy atom. The highest BCUT2D eigenvalue weighted by molar-refractivity contribution is 4.60. The fraction of sp³-hybridized carbons (Fsp3) is 1.00. The number of aliphatic hydroxyl groups excluding tert-OH is 2. The molecule has 48 valence electrons. The zero-order valence-corrected chi connectivity index (χ0v) is 4.58. The van der Waals surface area contributed by atoms with Crippen LogP contribution in [0.25, 0.3) is 0 Å². The van der Waals surface area contributed by atoms with Gasteiger partial charge in [0.25, 0.3) is 0 Å². The zero-order valence-electron chi connectivity index (χ0n) is 4.58. The van der Waals surface area contributed by atoms with Crippen LogP contribution in [-0.4, -0.2) is 29.2 Å². The standard InChI is InChI=1S/C5H10O3/c6-4-1-2-5(7)8-3-4/h4-7H,1-3H2/t4?,5-/m0/s1. The topological polar surface area (TPSA) is 49.7 Å². The van der Waals surface area contributed by atoms with Gasteiger partial charge in [0.15, 0.2) is 6.29 Å². The smallest absolute Gasteiger partial charge is 0.154 e. The van der Waals surface area contributed by atoms with Gasteiger partial charge in [0.1, 0.15) is 0 Å². The monoisotopic (exact) mass is 118 g/mol. The first-order chi connectivity index (χ1) is 3.79. The van der Waals surface area contributed by atoms with Crippen molar-refractivity contribution in [2.24, 2.45) is 0 Å². The minimum atomic E-state index is -0.640. The largest absolute Gasteiger partial charge is 0.391 e. The lowest BCUT2D eigenvalue weighted by molar-refractivity contribution is -0.155. The predicted molar refractivity (Wildman–Crippen MR) is 27.2 cm³/mol. The number of hydrogen-bond donors (Lipinski definition) is 2. The van der Waals surface area contributed by atoms with E-state index in [4.69, 9.17) is 14.9 Å². The molecule has 0 bridgehead atoms. The van der Waals surface area contributed by atoms with Crippen LogP contribution in [0.2, 0.25) is 0 Å². The van der Waals surface area contributed by atoms with E-state index in [1.807, 2.05) is 0 Å². The summed E-state index contributed by atoms with van der Waals surface area (Å²) in [5, 5.41) is 17.5. The zero-order chi connectivity index (χ0) is 5.98. The summed E-state index contributed by atoms with van der Waals surface area (Å²) in [5.41, 5.74) is 0. The van der Waals surface area contributed by atoms with Crippen LogP contribution in [-0.2, 0) is 4.74 Å². The molecule has 1 aliphatic rings. The first-order valence-corrected chi connectivity index (χ1v) is 2.77. The molecule has 1 saturated heterocycles. The van der Waals surface area contributed by atoms with E-state index in [-0.39, 0.29) is 12.7 Å². The third-order valence-corrected chi connectivity index (χ3v) is 1.23. The molecule has 2 N–H and O–H groups in total. The Labute approximate surface area is 47.9 Å². The maximum Gasteiger partial charge on any atom is 0.154 e. The van der Waals surface area contributed by atoms with Crippen LogP contribution in [0.15, 0.2) is 0 Å². The molecular formula is C5H10O3. The quantitative estimate of drug-likeness (QED) is 0.450. The molecule has 0 aromatic rings. The van der Waals surface area contributed by atoms with Crippen molar-refractivity contribution in [1.82, 2.24) is 0 Å². The molecule has 1 fully saturated rings. The highest BCUT2D eigenvalue weighted by atomic mass is 16.6. The SMILES string of the molecule is OC1CC[C@@H](O)OC1. The van der Waals surface area contributed by atoms with E-state index in [1.165, 1.54) is 0 Å². The Bertz CT molecular complexity index is 56.1. The molecule has 3 nitrogen and oxygen atoms in total. The summed E-state index contributed by atoms with van der Waals surface area (Å²) in [5.74, 6) is 0. The van der Waals surface area contributed by atoms with Crippen LogP contribution in [0.4, 0.5) is 0 Å². The van der Waals surface area contributed by atoms with Crippen LogP contribution in [0.1, 0.15) is 12.8 Å². The molecule has 1 rings (SSSR count). The number of ether oxygens (including phenoxy) is 1. The molecular weight excluding hydrogens is 108 g/mol. The summed E-state index contributed by atoms with van der Waals surface area (Å²) < 4.78 is 4.70. The maximum absolute atomic E-state index is 8.79. The summed E-state index contributed by atoms with van der Waals surface area (Å²) >= 11 is 0. The van der Waals surface area contributed by atoms with Crippen LogP contribution in [0.3, 0.4) is 0 Å². The minimum Gasteiger partial charge on any atom is -0.391 e. The van der Waals surface area contributed by atoms with Gasteiger partial charge in [0.2, 0.25) is 0 Å². The maximum atomic E-state index is 8.79. The van der Waals surface area contributed by atoms with E-state index in [9.17, 15) is 0 Å². The van der Waals surface area contributed by atoms with Gasteiger partial charge in [-0.15, -0.1) is 0 Å². The van der Waals surface area contributed by atoms with Crippen LogP contribution in [0.5, 0.6) is 0 Å². The molecule has 0 saturated carbocycles.